The van der Waals surface area contributed by atoms with Gasteiger partial charge in [-0.15, -0.1) is 0 Å². The third-order valence-electron chi connectivity index (χ3n) is 4.51. The summed E-state index contributed by atoms with van der Waals surface area (Å²) in [6.07, 6.45) is 2.71. The number of hydrogen-bond acceptors (Lipinski definition) is 3. The molecule has 0 saturated heterocycles. The number of halogens is 1. The lowest BCUT2D eigenvalue weighted by molar-refractivity contribution is 0.0691. The molecule has 0 unspecified atom stereocenters. The Labute approximate surface area is 157 Å². The molecule has 3 rings (SSSR count). The number of fused-ring (bicyclic) bond motifs is 1. The number of aromatic nitrogens is 1. The summed E-state index contributed by atoms with van der Waals surface area (Å²) >= 11 is 0. The van der Waals surface area contributed by atoms with Gasteiger partial charge in [0, 0.05) is 23.0 Å². The second-order valence-corrected chi connectivity index (χ2v) is 8.66. The zero-order chi connectivity index (χ0) is 19.9. The average Bonchev–Trinajstić information content (AvgIpc) is 2.93. The van der Waals surface area contributed by atoms with Crippen LogP contribution in [-0.2, 0) is 16.3 Å². The van der Waals surface area contributed by atoms with Crippen molar-refractivity contribution in [2.24, 2.45) is 0 Å². The maximum atomic E-state index is 14.2. The van der Waals surface area contributed by atoms with E-state index in [0.29, 0.717) is 12.1 Å². The minimum absolute atomic E-state index is 0.219. The van der Waals surface area contributed by atoms with Crippen LogP contribution in [0, 0.1) is 12.7 Å². The molecule has 0 saturated carbocycles. The van der Waals surface area contributed by atoms with Gasteiger partial charge >= 0.3 is 5.97 Å². The molecular weight excluding hydrogens is 369 g/mol. The lowest BCUT2D eigenvalue weighted by Crippen LogP contribution is -2.07. The summed E-state index contributed by atoms with van der Waals surface area (Å²) in [5, 5.41) is 10.0. The third kappa shape index (κ3) is 3.47. The normalized spacial score (nSPS) is 11.9. The van der Waals surface area contributed by atoms with Crippen molar-refractivity contribution in [2.45, 2.75) is 31.6 Å². The molecule has 5 nitrogen and oxygen atoms in total. The maximum absolute atomic E-state index is 14.2. The monoisotopic (exact) mass is 389 g/mol. The summed E-state index contributed by atoms with van der Waals surface area (Å²) in [5.41, 5.74) is 2.04. The Bertz CT molecular complexity index is 1160. The molecule has 1 heterocycles. The topological polar surface area (TPSA) is 76.4 Å². The fourth-order valence-corrected chi connectivity index (χ4v) is 3.92. The summed E-state index contributed by atoms with van der Waals surface area (Å²) in [4.78, 5) is 11.6. The molecule has 0 bridgehead atoms. The molecule has 1 N–H and O–H groups in total. The van der Waals surface area contributed by atoms with E-state index in [1.54, 1.807) is 18.2 Å². The fourth-order valence-electron chi connectivity index (χ4n) is 3.26. The molecular formula is C20H20FNO4S. The van der Waals surface area contributed by atoms with Crippen molar-refractivity contribution in [3.05, 3.63) is 59.0 Å². The first kappa shape index (κ1) is 19.1. The van der Waals surface area contributed by atoms with E-state index in [4.69, 9.17) is 0 Å². The highest BCUT2D eigenvalue weighted by molar-refractivity contribution is 7.90. The van der Waals surface area contributed by atoms with Crippen molar-refractivity contribution in [3.8, 4) is 5.69 Å². The summed E-state index contributed by atoms with van der Waals surface area (Å²) in [7, 11) is -3.34. The number of carbonyl (C=O) groups is 1. The minimum atomic E-state index is -3.34. The van der Waals surface area contributed by atoms with Crippen LogP contribution in [0.5, 0.6) is 0 Å². The quantitative estimate of drug-likeness (QED) is 0.712. The molecule has 0 amide bonds. The molecule has 142 valence electrons. The molecule has 0 aliphatic carbocycles. The third-order valence-corrected chi connectivity index (χ3v) is 5.62. The maximum Gasteiger partial charge on any atom is 0.338 e. The van der Waals surface area contributed by atoms with Gasteiger partial charge in [-0.1, -0.05) is 13.3 Å². The predicted octanol–water partition coefficient (Wildman–Crippen LogP) is 4.13. The van der Waals surface area contributed by atoms with Crippen LogP contribution < -0.4 is 0 Å². The van der Waals surface area contributed by atoms with Crippen LogP contribution in [0.1, 0.15) is 35.0 Å². The molecule has 0 spiro atoms. The molecule has 0 atom stereocenters. The first-order valence-corrected chi connectivity index (χ1v) is 10.4. The first-order chi connectivity index (χ1) is 12.6. The lowest BCUT2D eigenvalue weighted by Gasteiger charge is -2.13. The molecule has 0 aliphatic rings. The molecule has 3 aromatic rings. The van der Waals surface area contributed by atoms with E-state index in [-0.39, 0.29) is 16.0 Å². The van der Waals surface area contributed by atoms with Crippen molar-refractivity contribution in [2.75, 3.05) is 6.26 Å². The number of aromatic carboxylic acids is 1. The largest absolute Gasteiger partial charge is 0.478 e. The summed E-state index contributed by atoms with van der Waals surface area (Å²) in [6.45, 7) is 3.54. The molecule has 0 radical (unpaired) electrons. The number of nitrogens with zero attached hydrogens (tertiary/aromatic N) is 1. The van der Waals surface area contributed by atoms with Gasteiger partial charge in [-0.25, -0.2) is 17.6 Å². The lowest BCUT2D eigenvalue weighted by atomic mass is 10.1. The molecule has 1 aromatic heterocycles. The van der Waals surface area contributed by atoms with Crippen molar-refractivity contribution in [1.82, 2.24) is 4.57 Å². The number of carboxylic acids is 1. The van der Waals surface area contributed by atoms with E-state index in [1.165, 1.54) is 19.1 Å². The minimum Gasteiger partial charge on any atom is -0.478 e. The highest BCUT2D eigenvalue weighted by Gasteiger charge is 2.18. The molecule has 0 aliphatic heterocycles. The fraction of sp³-hybridized carbons (Fsp3) is 0.250. The van der Waals surface area contributed by atoms with Crippen molar-refractivity contribution in [3.63, 3.8) is 0 Å². The van der Waals surface area contributed by atoms with E-state index < -0.39 is 21.6 Å². The highest BCUT2D eigenvalue weighted by Crippen LogP contribution is 2.29. The van der Waals surface area contributed by atoms with Crippen LogP contribution in [0.2, 0.25) is 0 Å². The Morgan fingerprint density at radius 1 is 1.19 bits per heavy atom. The van der Waals surface area contributed by atoms with Crippen molar-refractivity contribution >= 4 is 26.7 Å². The van der Waals surface area contributed by atoms with Crippen LogP contribution in [0.15, 0.2) is 41.3 Å². The number of sulfone groups is 1. The molecule has 27 heavy (non-hydrogen) atoms. The Kier molecular flexibility index (Phi) is 4.82. The van der Waals surface area contributed by atoms with E-state index in [9.17, 15) is 22.7 Å². The zero-order valence-corrected chi connectivity index (χ0v) is 16.1. The van der Waals surface area contributed by atoms with Crippen molar-refractivity contribution in [1.29, 1.82) is 0 Å². The van der Waals surface area contributed by atoms with Gasteiger partial charge in [0.05, 0.1) is 16.0 Å². The standard InChI is InChI=1S/C20H20FNO4S/c1-4-5-14-9-13-10-16(27(3,25)26)6-7-18(13)22(14)15-8-12(2)19(21)17(11-15)20(23)24/h6-11H,4-5H2,1-3H3,(H,23,24). The van der Waals surface area contributed by atoms with E-state index in [0.717, 1.165) is 29.3 Å². The summed E-state index contributed by atoms with van der Waals surface area (Å²) in [5.74, 6) is -2.08. The van der Waals surface area contributed by atoms with E-state index in [2.05, 4.69) is 0 Å². The van der Waals surface area contributed by atoms with Gasteiger partial charge in [0.2, 0.25) is 0 Å². The number of aryl methyl sites for hydroxylation is 2. The second-order valence-electron chi connectivity index (χ2n) is 6.64. The van der Waals surface area contributed by atoms with Crippen LogP contribution in [0.4, 0.5) is 4.39 Å². The molecule has 0 fully saturated rings. The van der Waals surface area contributed by atoms with E-state index in [1.807, 2.05) is 17.6 Å². The number of rotatable bonds is 5. The highest BCUT2D eigenvalue weighted by atomic mass is 32.2. The first-order valence-electron chi connectivity index (χ1n) is 8.51. The molecule has 7 heteroatoms. The smallest absolute Gasteiger partial charge is 0.338 e. The van der Waals surface area contributed by atoms with Crippen LogP contribution in [-0.4, -0.2) is 30.3 Å². The Morgan fingerprint density at radius 3 is 2.48 bits per heavy atom. The van der Waals surface area contributed by atoms with Crippen molar-refractivity contribution < 1.29 is 22.7 Å². The van der Waals surface area contributed by atoms with Gasteiger partial charge in [0.25, 0.3) is 0 Å². The van der Waals surface area contributed by atoms with Crippen LogP contribution >= 0.6 is 0 Å². The number of benzene rings is 2. The van der Waals surface area contributed by atoms with Gasteiger partial charge in [-0.05, 0) is 55.3 Å². The zero-order valence-electron chi connectivity index (χ0n) is 15.3. The Balaban J connectivity index is 2.33. The molecule has 2 aromatic carbocycles. The number of carboxylic acid groups (broad SMARTS) is 1. The number of hydrogen-bond donors (Lipinski definition) is 1. The average molecular weight is 389 g/mol. The van der Waals surface area contributed by atoms with Crippen LogP contribution in [0.25, 0.3) is 16.6 Å². The van der Waals surface area contributed by atoms with Gasteiger partial charge in [-0.3, -0.25) is 0 Å². The van der Waals surface area contributed by atoms with Crippen LogP contribution in [0.3, 0.4) is 0 Å². The SMILES string of the molecule is CCCc1cc2cc(S(C)(=O)=O)ccc2n1-c1cc(C)c(F)c(C(=O)O)c1. The second kappa shape index (κ2) is 6.81. The summed E-state index contributed by atoms with van der Waals surface area (Å²) in [6, 6.07) is 9.64. The van der Waals surface area contributed by atoms with Gasteiger partial charge in [0.15, 0.2) is 9.84 Å². The van der Waals surface area contributed by atoms with E-state index >= 15 is 0 Å². The predicted molar refractivity (Wildman–Crippen MR) is 102 cm³/mol. The Morgan fingerprint density at radius 2 is 1.89 bits per heavy atom. The van der Waals surface area contributed by atoms with Gasteiger partial charge < -0.3 is 9.67 Å². The Hall–Kier alpha value is -2.67. The van der Waals surface area contributed by atoms with Gasteiger partial charge in [-0.2, -0.15) is 0 Å². The summed E-state index contributed by atoms with van der Waals surface area (Å²) < 4.78 is 39.7. The van der Waals surface area contributed by atoms with Gasteiger partial charge in [0.1, 0.15) is 5.82 Å².